The molecule has 0 unspecified atom stereocenters. The molecule has 0 bridgehead atoms. The van der Waals surface area contributed by atoms with E-state index >= 15 is 0 Å². The van der Waals surface area contributed by atoms with Crippen LogP contribution in [0.5, 0.6) is 5.75 Å². The molecule has 3 aromatic rings. The third-order valence-electron chi connectivity index (χ3n) is 3.37. The first-order chi connectivity index (χ1) is 10.3. The number of hydrogen-bond donors (Lipinski definition) is 1. The number of nitrogens with zero attached hydrogens (tertiary/aromatic N) is 4. The van der Waals surface area contributed by atoms with Crippen molar-refractivity contribution < 1.29 is 4.74 Å². The Morgan fingerprint density at radius 2 is 2.19 bits per heavy atom. The fourth-order valence-corrected chi connectivity index (χ4v) is 2.26. The molecule has 0 aliphatic carbocycles. The summed E-state index contributed by atoms with van der Waals surface area (Å²) in [6, 6.07) is 8.07. The minimum Gasteiger partial charge on any atom is -0.497 e. The average Bonchev–Trinajstić information content (AvgIpc) is 2.90. The number of benzene rings is 1. The first-order valence-corrected chi connectivity index (χ1v) is 6.77. The molecule has 0 amide bonds. The highest BCUT2D eigenvalue weighted by Crippen LogP contribution is 2.18. The van der Waals surface area contributed by atoms with E-state index in [-0.39, 0.29) is 0 Å². The second-order valence-electron chi connectivity index (χ2n) is 4.76. The molecule has 0 atom stereocenters. The van der Waals surface area contributed by atoms with Crippen LogP contribution in [0.1, 0.15) is 5.56 Å². The molecular weight excluding hydrogens is 266 g/mol. The largest absolute Gasteiger partial charge is 0.497 e. The highest BCUT2D eigenvalue weighted by Gasteiger charge is 2.07. The number of nitrogens with one attached hydrogen (secondary N) is 1. The fourth-order valence-electron chi connectivity index (χ4n) is 2.26. The molecule has 0 saturated heterocycles. The zero-order valence-corrected chi connectivity index (χ0v) is 12.1. The monoisotopic (exact) mass is 283 g/mol. The van der Waals surface area contributed by atoms with E-state index < -0.39 is 0 Å². The van der Waals surface area contributed by atoms with Crippen molar-refractivity contribution in [2.75, 3.05) is 19.0 Å². The summed E-state index contributed by atoms with van der Waals surface area (Å²) in [5.41, 5.74) is 2.05. The van der Waals surface area contributed by atoms with Crippen molar-refractivity contribution in [3.8, 4) is 5.75 Å². The van der Waals surface area contributed by atoms with Gasteiger partial charge in [0, 0.05) is 13.6 Å². The van der Waals surface area contributed by atoms with Gasteiger partial charge in [0.2, 0.25) is 0 Å². The van der Waals surface area contributed by atoms with E-state index in [2.05, 4.69) is 26.4 Å². The van der Waals surface area contributed by atoms with Crippen molar-refractivity contribution in [2.24, 2.45) is 7.05 Å². The third kappa shape index (κ3) is 2.79. The van der Waals surface area contributed by atoms with E-state index in [0.29, 0.717) is 0 Å². The quantitative estimate of drug-likeness (QED) is 0.776. The maximum atomic E-state index is 5.23. The minimum atomic E-state index is 0.786. The Labute approximate surface area is 122 Å². The Balaban J connectivity index is 1.69. The van der Waals surface area contributed by atoms with Gasteiger partial charge in [-0.15, -0.1) is 0 Å². The summed E-state index contributed by atoms with van der Waals surface area (Å²) in [5.74, 6) is 1.69. The van der Waals surface area contributed by atoms with Gasteiger partial charge >= 0.3 is 0 Å². The summed E-state index contributed by atoms with van der Waals surface area (Å²) >= 11 is 0. The molecule has 2 heterocycles. The topological polar surface area (TPSA) is 64.9 Å². The zero-order valence-electron chi connectivity index (χ0n) is 12.1. The SMILES string of the molecule is COc1cccc(CCNc2ncnc3c2cnn3C)c1. The highest BCUT2D eigenvalue weighted by molar-refractivity contribution is 5.85. The van der Waals surface area contributed by atoms with Crippen LogP contribution in [-0.2, 0) is 13.5 Å². The number of aromatic nitrogens is 4. The molecule has 0 aliphatic rings. The third-order valence-corrected chi connectivity index (χ3v) is 3.37. The summed E-state index contributed by atoms with van der Waals surface area (Å²) in [6.45, 7) is 0.786. The smallest absolute Gasteiger partial charge is 0.163 e. The molecule has 0 radical (unpaired) electrons. The first-order valence-electron chi connectivity index (χ1n) is 6.77. The van der Waals surface area contributed by atoms with Crippen molar-refractivity contribution in [1.82, 2.24) is 19.7 Å². The fraction of sp³-hybridized carbons (Fsp3) is 0.267. The van der Waals surface area contributed by atoms with Gasteiger partial charge in [-0.25, -0.2) is 9.97 Å². The molecule has 108 valence electrons. The van der Waals surface area contributed by atoms with E-state index in [1.165, 1.54) is 5.56 Å². The minimum absolute atomic E-state index is 0.786. The van der Waals surface area contributed by atoms with Crippen LogP contribution in [0.25, 0.3) is 11.0 Å². The van der Waals surface area contributed by atoms with E-state index in [0.717, 1.165) is 35.6 Å². The van der Waals surface area contributed by atoms with Crippen LogP contribution in [0.2, 0.25) is 0 Å². The summed E-state index contributed by atoms with van der Waals surface area (Å²) in [7, 11) is 3.55. The molecule has 1 N–H and O–H groups in total. The number of fused-ring (bicyclic) bond motifs is 1. The Hall–Kier alpha value is -2.63. The van der Waals surface area contributed by atoms with Gasteiger partial charge in [-0.2, -0.15) is 5.10 Å². The normalized spacial score (nSPS) is 10.8. The predicted molar refractivity (Wildman–Crippen MR) is 81.5 cm³/mol. The molecule has 2 aromatic heterocycles. The number of ether oxygens (including phenoxy) is 1. The van der Waals surface area contributed by atoms with E-state index in [4.69, 9.17) is 4.74 Å². The number of methoxy groups -OCH3 is 1. The maximum absolute atomic E-state index is 5.23. The van der Waals surface area contributed by atoms with Gasteiger partial charge in [0.25, 0.3) is 0 Å². The van der Waals surface area contributed by atoms with Crippen LogP contribution in [0.3, 0.4) is 0 Å². The van der Waals surface area contributed by atoms with E-state index in [9.17, 15) is 0 Å². The van der Waals surface area contributed by atoms with Crippen LogP contribution >= 0.6 is 0 Å². The molecule has 0 aliphatic heterocycles. The zero-order chi connectivity index (χ0) is 14.7. The van der Waals surface area contributed by atoms with Crippen LogP contribution in [0.15, 0.2) is 36.8 Å². The van der Waals surface area contributed by atoms with Crippen LogP contribution in [0, 0.1) is 0 Å². The molecule has 1 aromatic carbocycles. The first kappa shape index (κ1) is 13.4. The van der Waals surface area contributed by atoms with Gasteiger partial charge in [0.1, 0.15) is 17.9 Å². The van der Waals surface area contributed by atoms with E-state index in [1.807, 2.05) is 25.2 Å². The number of hydrogen-bond acceptors (Lipinski definition) is 5. The summed E-state index contributed by atoms with van der Waals surface area (Å²) in [4.78, 5) is 8.51. The Kier molecular flexibility index (Phi) is 3.68. The van der Waals surface area contributed by atoms with Gasteiger partial charge in [0.15, 0.2) is 5.65 Å². The molecule has 6 nitrogen and oxygen atoms in total. The van der Waals surface area contributed by atoms with Crippen LogP contribution in [-0.4, -0.2) is 33.4 Å². The molecule has 0 fully saturated rings. The van der Waals surface area contributed by atoms with E-state index in [1.54, 1.807) is 24.3 Å². The average molecular weight is 283 g/mol. The number of anilines is 1. The van der Waals surface area contributed by atoms with Crippen molar-refractivity contribution in [1.29, 1.82) is 0 Å². The summed E-state index contributed by atoms with van der Waals surface area (Å²) in [5, 5.41) is 8.48. The van der Waals surface area contributed by atoms with Gasteiger partial charge in [-0.1, -0.05) is 12.1 Å². The van der Waals surface area contributed by atoms with Crippen molar-refractivity contribution in [2.45, 2.75) is 6.42 Å². The summed E-state index contributed by atoms with van der Waals surface area (Å²) in [6.07, 6.45) is 4.23. The van der Waals surface area contributed by atoms with Crippen molar-refractivity contribution in [3.05, 3.63) is 42.4 Å². The second kappa shape index (κ2) is 5.78. The van der Waals surface area contributed by atoms with Gasteiger partial charge in [0.05, 0.1) is 18.7 Å². The second-order valence-corrected chi connectivity index (χ2v) is 4.76. The summed E-state index contributed by atoms with van der Waals surface area (Å²) < 4.78 is 6.97. The lowest BCUT2D eigenvalue weighted by Crippen LogP contribution is -2.07. The Morgan fingerprint density at radius 1 is 1.29 bits per heavy atom. The van der Waals surface area contributed by atoms with Gasteiger partial charge < -0.3 is 10.1 Å². The maximum Gasteiger partial charge on any atom is 0.163 e. The number of aryl methyl sites for hydroxylation is 1. The van der Waals surface area contributed by atoms with Crippen molar-refractivity contribution >= 4 is 16.9 Å². The number of rotatable bonds is 5. The van der Waals surface area contributed by atoms with Gasteiger partial charge in [-0.3, -0.25) is 4.68 Å². The van der Waals surface area contributed by atoms with Crippen LogP contribution < -0.4 is 10.1 Å². The lowest BCUT2D eigenvalue weighted by atomic mass is 10.1. The predicted octanol–water partition coefficient (Wildman–Crippen LogP) is 2.03. The molecule has 0 saturated carbocycles. The Morgan fingerprint density at radius 3 is 3.05 bits per heavy atom. The molecule has 6 heteroatoms. The van der Waals surface area contributed by atoms with Gasteiger partial charge in [-0.05, 0) is 24.1 Å². The van der Waals surface area contributed by atoms with Crippen molar-refractivity contribution in [3.63, 3.8) is 0 Å². The lowest BCUT2D eigenvalue weighted by molar-refractivity contribution is 0.414. The Bertz CT molecular complexity index is 753. The molecule has 3 rings (SSSR count). The van der Waals surface area contributed by atoms with Crippen LogP contribution in [0.4, 0.5) is 5.82 Å². The molecule has 21 heavy (non-hydrogen) atoms. The standard InChI is InChI=1S/C15H17N5O/c1-20-15-13(9-19-20)14(17-10-18-15)16-7-6-11-4-3-5-12(8-11)21-2/h3-5,8-10H,6-7H2,1-2H3,(H,16,17,18). The molecular formula is C15H17N5O. The molecule has 0 spiro atoms. The lowest BCUT2D eigenvalue weighted by Gasteiger charge is -2.07. The highest BCUT2D eigenvalue weighted by atomic mass is 16.5.